The summed E-state index contributed by atoms with van der Waals surface area (Å²) in [5.74, 6) is 1.44. The minimum Gasteiger partial charge on any atom is -0.373 e. The summed E-state index contributed by atoms with van der Waals surface area (Å²) in [6.45, 7) is 1.42. The summed E-state index contributed by atoms with van der Waals surface area (Å²) < 4.78 is 5.86. The minimum absolute atomic E-state index is 0. The Bertz CT molecular complexity index is 621. The van der Waals surface area contributed by atoms with Gasteiger partial charge in [-0.25, -0.2) is 4.98 Å². The quantitative estimate of drug-likeness (QED) is 0.449. The van der Waals surface area contributed by atoms with Crippen LogP contribution in [0.25, 0.3) is 0 Å². The van der Waals surface area contributed by atoms with E-state index in [4.69, 9.17) is 10.5 Å². The number of aromatic nitrogens is 1. The maximum Gasteiger partial charge on any atom is 0.194 e. The molecule has 1 fully saturated rings. The molecule has 122 valence electrons. The Kier molecular flexibility index (Phi) is 6.79. The molecule has 2 heterocycles. The van der Waals surface area contributed by atoms with Crippen LogP contribution >= 0.6 is 24.0 Å². The molecule has 6 heteroatoms. The van der Waals surface area contributed by atoms with Crippen molar-refractivity contribution in [3.8, 4) is 0 Å². The van der Waals surface area contributed by atoms with Gasteiger partial charge >= 0.3 is 0 Å². The molecule has 3 N–H and O–H groups in total. The summed E-state index contributed by atoms with van der Waals surface area (Å²) in [5.41, 5.74) is 7.13. The second-order valence-electron chi connectivity index (χ2n) is 5.32. The Balaban J connectivity index is 0.00000192. The van der Waals surface area contributed by atoms with Gasteiger partial charge < -0.3 is 15.8 Å². The number of benzene rings is 1. The number of guanidine groups is 1. The van der Waals surface area contributed by atoms with E-state index < -0.39 is 0 Å². The van der Waals surface area contributed by atoms with Gasteiger partial charge in [0.05, 0.1) is 6.10 Å². The molecular weight excluding hydrogens is 403 g/mol. The molecule has 0 spiro atoms. The number of nitrogens with zero attached hydrogens (tertiary/aromatic N) is 2. The Labute approximate surface area is 153 Å². The van der Waals surface area contributed by atoms with Crippen LogP contribution in [0, 0.1) is 5.92 Å². The molecule has 0 unspecified atom stereocenters. The number of anilines is 1. The van der Waals surface area contributed by atoms with Crippen molar-refractivity contribution in [1.29, 1.82) is 0 Å². The highest BCUT2D eigenvalue weighted by Crippen LogP contribution is 2.34. The lowest BCUT2D eigenvalue weighted by Gasteiger charge is -2.17. The van der Waals surface area contributed by atoms with E-state index in [-0.39, 0.29) is 30.1 Å². The van der Waals surface area contributed by atoms with Crippen molar-refractivity contribution in [2.45, 2.75) is 12.5 Å². The van der Waals surface area contributed by atoms with Gasteiger partial charge in [-0.05, 0) is 24.1 Å². The monoisotopic (exact) mass is 424 g/mol. The first-order valence-corrected chi connectivity index (χ1v) is 7.47. The lowest BCUT2D eigenvalue weighted by Crippen LogP contribution is -2.24. The zero-order valence-electron chi connectivity index (χ0n) is 12.8. The van der Waals surface area contributed by atoms with Crippen molar-refractivity contribution in [3.05, 3.63) is 60.3 Å². The van der Waals surface area contributed by atoms with Crippen LogP contribution in [0.5, 0.6) is 0 Å². The van der Waals surface area contributed by atoms with E-state index in [1.54, 1.807) is 6.20 Å². The minimum atomic E-state index is 0. The maximum atomic E-state index is 5.93. The van der Waals surface area contributed by atoms with Gasteiger partial charge in [0, 0.05) is 25.3 Å². The third kappa shape index (κ3) is 4.90. The lowest BCUT2D eigenvalue weighted by molar-refractivity contribution is 0.0926. The fraction of sp³-hybridized carbons (Fsp3) is 0.294. The second kappa shape index (κ2) is 8.83. The number of rotatable bonds is 4. The zero-order chi connectivity index (χ0) is 15.2. The molecule has 23 heavy (non-hydrogen) atoms. The lowest BCUT2D eigenvalue weighted by atomic mass is 9.95. The van der Waals surface area contributed by atoms with Crippen molar-refractivity contribution in [2.75, 3.05) is 18.5 Å². The average molecular weight is 424 g/mol. The molecular formula is C17H21IN4O. The van der Waals surface area contributed by atoms with E-state index >= 15 is 0 Å². The molecule has 3 rings (SSSR count). The highest BCUT2D eigenvalue weighted by Gasteiger charge is 2.29. The standard InChI is InChI=1S/C17H20N4O.HI/c18-17(21-15-8-4-5-10-19-15)20-12-14-9-11-22-16(14)13-6-2-1-3-7-13;/h1-8,10,14,16H,9,11-12H2,(H3,18,19,20,21);1H/t14-,16-;/m1./s1. The summed E-state index contributed by atoms with van der Waals surface area (Å²) in [7, 11) is 0. The van der Waals surface area contributed by atoms with Crippen LogP contribution in [-0.2, 0) is 4.74 Å². The molecule has 0 amide bonds. The van der Waals surface area contributed by atoms with Crippen molar-refractivity contribution in [2.24, 2.45) is 16.6 Å². The Morgan fingerprint density at radius 1 is 1.22 bits per heavy atom. The Morgan fingerprint density at radius 3 is 2.74 bits per heavy atom. The second-order valence-corrected chi connectivity index (χ2v) is 5.32. The highest BCUT2D eigenvalue weighted by molar-refractivity contribution is 14.0. The zero-order valence-corrected chi connectivity index (χ0v) is 15.1. The predicted molar refractivity (Wildman–Crippen MR) is 103 cm³/mol. The van der Waals surface area contributed by atoms with Gasteiger partial charge in [-0.1, -0.05) is 36.4 Å². The van der Waals surface area contributed by atoms with Gasteiger partial charge in [0.25, 0.3) is 0 Å². The topological polar surface area (TPSA) is 72.5 Å². The summed E-state index contributed by atoms with van der Waals surface area (Å²) in [6.07, 6.45) is 2.82. The van der Waals surface area contributed by atoms with E-state index in [2.05, 4.69) is 27.4 Å². The molecule has 5 nitrogen and oxygen atoms in total. The van der Waals surface area contributed by atoms with Crippen LogP contribution in [0.15, 0.2) is 59.7 Å². The molecule has 1 saturated heterocycles. The van der Waals surface area contributed by atoms with Crippen LogP contribution < -0.4 is 11.1 Å². The van der Waals surface area contributed by atoms with E-state index in [1.165, 1.54) is 5.56 Å². The van der Waals surface area contributed by atoms with Gasteiger partial charge in [-0.3, -0.25) is 4.99 Å². The molecule has 0 saturated carbocycles. The first kappa shape index (κ1) is 17.7. The fourth-order valence-corrected chi connectivity index (χ4v) is 2.66. The first-order valence-electron chi connectivity index (χ1n) is 7.47. The molecule has 2 aromatic rings. The van der Waals surface area contributed by atoms with Crippen molar-refractivity contribution >= 4 is 35.8 Å². The SMILES string of the molecule is I.NC(=NC[C@H]1CCO[C@@H]1c1ccccc1)Nc1ccccn1. The van der Waals surface area contributed by atoms with E-state index in [0.29, 0.717) is 24.2 Å². The fourth-order valence-electron chi connectivity index (χ4n) is 2.66. The number of aliphatic imine (C=N–C) groups is 1. The van der Waals surface area contributed by atoms with Crippen LogP contribution in [0.1, 0.15) is 18.1 Å². The number of nitrogens with one attached hydrogen (secondary N) is 1. The highest BCUT2D eigenvalue weighted by atomic mass is 127. The third-order valence-electron chi connectivity index (χ3n) is 3.76. The van der Waals surface area contributed by atoms with E-state index in [9.17, 15) is 0 Å². The van der Waals surface area contributed by atoms with Gasteiger partial charge in [0.1, 0.15) is 5.82 Å². The van der Waals surface area contributed by atoms with Crippen molar-refractivity contribution < 1.29 is 4.74 Å². The van der Waals surface area contributed by atoms with Crippen molar-refractivity contribution in [3.63, 3.8) is 0 Å². The summed E-state index contributed by atoms with van der Waals surface area (Å²) >= 11 is 0. The number of halogens is 1. The number of ether oxygens (including phenoxy) is 1. The van der Waals surface area contributed by atoms with Gasteiger partial charge in [0.2, 0.25) is 0 Å². The molecule has 1 aromatic carbocycles. The predicted octanol–water partition coefficient (Wildman–Crippen LogP) is 3.20. The number of pyridine rings is 1. The Hall–Kier alpha value is -1.67. The van der Waals surface area contributed by atoms with Crippen LogP contribution in [0.4, 0.5) is 5.82 Å². The molecule has 1 aromatic heterocycles. The van der Waals surface area contributed by atoms with E-state index in [0.717, 1.165) is 13.0 Å². The smallest absolute Gasteiger partial charge is 0.194 e. The van der Waals surface area contributed by atoms with Crippen LogP contribution in [-0.4, -0.2) is 24.1 Å². The summed E-state index contributed by atoms with van der Waals surface area (Å²) in [4.78, 5) is 8.60. The number of hydrogen-bond donors (Lipinski definition) is 2. The van der Waals surface area contributed by atoms with Gasteiger partial charge in [-0.15, -0.1) is 24.0 Å². The molecule has 0 aliphatic carbocycles. The summed E-state index contributed by atoms with van der Waals surface area (Å²) in [5, 5.41) is 3.00. The van der Waals surface area contributed by atoms with Crippen LogP contribution in [0.3, 0.4) is 0 Å². The number of hydrogen-bond acceptors (Lipinski definition) is 3. The van der Waals surface area contributed by atoms with Crippen LogP contribution in [0.2, 0.25) is 0 Å². The average Bonchev–Trinajstić information content (AvgIpc) is 3.03. The molecule has 0 radical (unpaired) electrons. The first-order chi connectivity index (χ1) is 10.8. The summed E-state index contributed by atoms with van der Waals surface area (Å²) in [6, 6.07) is 15.9. The van der Waals surface area contributed by atoms with Gasteiger partial charge in [-0.2, -0.15) is 0 Å². The molecule has 1 aliphatic heterocycles. The van der Waals surface area contributed by atoms with E-state index in [1.807, 2.05) is 36.4 Å². The normalized spacial score (nSPS) is 20.8. The molecule has 2 atom stereocenters. The Morgan fingerprint density at radius 2 is 2.00 bits per heavy atom. The number of nitrogens with two attached hydrogens (primary N) is 1. The maximum absolute atomic E-state index is 5.93. The molecule has 0 bridgehead atoms. The van der Waals surface area contributed by atoms with Crippen molar-refractivity contribution in [1.82, 2.24) is 4.98 Å². The largest absolute Gasteiger partial charge is 0.373 e. The van der Waals surface area contributed by atoms with Gasteiger partial charge in [0.15, 0.2) is 5.96 Å². The third-order valence-corrected chi connectivity index (χ3v) is 3.76. The molecule has 1 aliphatic rings.